The Morgan fingerprint density at radius 2 is 0.829 bits per heavy atom. The van der Waals surface area contributed by atoms with E-state index in [0.717, 1.165) is 32.1 Å². The third-order valence-electron chi connectivity index (χ3n) is 8.71. The van der Waals surface area contributed by atoms with Crippen LogP contribution in [0.5, 0.6) is 0 Å². The molecule has 3 atom stereocenters. The Bertz CT molecular complexity index is 530. The molecular formula is C36H73NO4. The van der Waals surface area contributed by atoms with Crippen molar-refractivity contribution in [3.05, 3.63) is 0 Å². The van der Waals surface area contributed by atoms with Crippen molar-refractivity contribution >= 4 is 5.91 Å². The summed E-state index contributed by atoms with van der Waals surface area (Å²) >= 11 is 0. The fraction of sp³-hybridized carbons (Fsp3) is 0.972. The quantitative estimate of drug-likeness (QED) is 0.0579. The van der Waals surface area contributed by atoms with Crippen LogP contribution in [0.25, 0.3) is 0 Å². The molecule has 5 heteroatoms. The summed E-state index contributed by atoms with van der Waals surface area (Å²) in [6.07, 6.45) is 33.3. The highest BCUT2D eigenvalue weighted by Crippen LogP contribution is 2.16. The Kier molecular flexibility index (Phi) is 31.8. The van der Waals surface area contributed by atoms with Gasteiger partial charge in [0.25, 0.3) is 0 Å². The van der Waals surface area contributed by atoms with Gasteiger partial charge in [0, 0.05) is 6.42 Å². The van der Waals surface area contributed by atoms with Crippen molar-refractivity contribution < 1.29 is 20.1 Å². The van der Waals surface area contributed by atoms with Gasteiger partial charge in [-0.25, -0.2) is 0 Å². The minimum atomic E-state index is -1.13. The molecule has 0 bridgehead atoms. The summed E-state index contributed by atoms with van der Waals surface area (Å²) in [4.78, 5) is 12.3. The Labute approximate surface area is 256 Å². The molecule has 0 aliphatic rings. The summed E-state index contributed by atoms with van der Waals surface area (Å²) < 4.78 is 0. The number of unbranched alkanes of at least 4 members (excludes halogenated alkanes) is 25. The Balaban J connectivity index is 3.65. The molecule has 41 heavy (non-hydrogen) atoms. The molecule has 0 aromatic carbocycles. The average molecular weight is 584 g/mol. The molecule has 246 valence electrons. The molecule has 0 heterocycles. The van der Waals surface area contributed by atoms with Gasteiger partial charge in [0.05, 0.1) is 18.8 Å². The van der Waals surface area contributed by atoms with E-state index >= 15 is 0 Å². The first kappa shape index (κ1) is 40.4. The normalized spacial score (nSPS) is 13.8. The van der Waals surface area contributed by atoms with Crippen molar-refractivity contribution in [1.82, 2.24) is 5.32 Å². The van der Waals surface area contributed by atoms with Gasteiger partial charge < -0.3 is 20.6 Å². The third-order valence-corrected chi connectivity index (χ3v) is 8.71. The smallest absolute Gasteiger partial charge is 0.220 e. The lowest BCUT2D eigenvalue weighted by Gasteiger charge is -2.26. The molecule has 3 unspecified atom stereocenters. The second kappa shape index (κ2) is 32.3. The van der Waals surface area contributed by atoms with Crippen LogP contribution in [-0.4, -0.2) is 46.1 Å². The molecule has 0 saturated heterocycles. The van der Waals surface area contributed by atoms with Gasteiger partial charge in [0.1, 0.15) is 6.10 Å². The number of aliphatic hydroxyl groups excluding tert-OH is 3. The molecule has 0 aliphatic heterocycles. The van der Waals surface area contributed by atoms with Crippen molar-refractivity contribution in [3.63, 3.8) is 0 Å². The second-order valence-corrected chi connectivity index (χ2v) is 12.8. The standard InChI is InChI=1S/C36H73NO4/c1-3-5-7-9-11-13-15-16-17-18-19-21-22-24-26-28-30-34(39)36(41)33(32-38)37-35(40)31-29-27-25-23-20-14-12-10-8-6-4-2/h33-34,36,38-39,41H,3-32H2,1-2H3,(H,37,40). The summed E-state index contributed by atoms with van der Waals surface area (Å²) in [5.41, 5.74) is 0. The number of nitrogens with one attached hydrogen (secondary N) is 1. The molecule has 0 aromatic heterocycles. The number of rotatable bonds is 33. The van der Waals surface area contributed by atoms with Gasteiger partial charge in [-0.1, -0.05) is 181 Å². The van der Waals surface area contributed by atoms with Gasteiger partial charge in [-0.2, -0.15) is 0 Å². The Hall–Kier alpha value is -0.650. The van der Waals surface area contributed by atoms with Gasteiger partial charge in [-0.3, -0.25) is 4.79 Å². The predicted octanol–water partition coefficient (Wildman–Crippen LogP) is 9.54. The van der Waals surface area contributed by atoms with Crippen molar-refractivity contribution in [1.29, 1.82) is 0 Å². The molecule has 5 nitrogen and oxygen atoms in total. The lowest BCUT2D eigenvalue weighted by molar-refractivity contribution is -0.124. The van der Waals surface area contributed by atoms with Crippen LogP contribution in [0.3, 0.4) is 0 Å². The monoisotopic (exact) mass is 584 g/mol. The van der Waals surface area contributed by atoms with Crippen LogP contribution >= 0.6 is 0 Å². The molecule has 0 spiro atoms. The highest BCUT2D eigenvalue weighted by Gasteiger charge is 2.26. The SMILES string of the molecule is CCCCCCCCCCCCCCCCCCC(O)C(O)C(CO)NC(=O)CCCCCCCCCCCCC. The number of amides is 1. The first-order valence-corrected chi connectivity index (χ1v) is 18.3. The molecule has 0 rings (SSSR count). The molecule has 0 saturated carbocycles. The zero-order chi connectivity index (χ0) is 30.2. The predicted molar refractivity (Wildman–Crippen MR) is 176 cm³/mol. The van der Waals surface area contributed by atoms with Gasteiger partial charge in [0.15, 0.2) is 0 Å². The molecule has 4 N–H and O–H groups in total. The third kappa shape index (κ3) is 27.9. The summed E-state index contributed by atoms with van der Waals surface area (Å²) in [5, 5.41) is 33.3. The molecule has 1 amide bonds. The highest BCUT2D eigenvalue weighted by atomic mass is 16.3. The van der Waals surface area contributed by atoms with Crippen molar-refractivity contribution in [3.8, 4) is 0 Å². The Morgan fingerprint density at radius 1 is 0.512 bits per heavy atom. The van der Waals surface area contributed by atoms with E-state index in [2.05, 4.69) is 19.2 Å². The number of carbonyl (C=O) groups is 1. The van der Waals surface area contributed by atoms with E-state index in [-0.39, 0.29) is 12.5 Å². The Morgan fingerprint density at radius 3 is 1.17 bits per heavy atom. The summed E-state index contributed by atoms with van der Waals surface area (Å²) in [6.45, 7) is 4.16. The summed E-state index contributed by atoms with van der Waals surface area (Å²) in [7, 11) is 0. The van der Waals surface area contributed by atoms with Crippen LogP contribution < -0.4 is 5.32 Å². The second-order valence-electron chi connectivity index (χ2n) is 12.8. The number of hydrogen-bond acceptors (Lipinski definition) is 4. The molecule has 0 radical (unpaired) electrons. The van der Waals surface area contributed by atoms with Crippen LogP contribution in [0.1, 0.15) is 200 Å². The molecule has 0 fully saturated rings. The lowest BCUT2D eigenvalue weighted by atomic mass is 9.99. The summed E-state index contributed by atoms with van der Waals surface area (Å²) in [5.74, 6) is -0.145. The zero-order valence-corrected chi connectivity index (χ0v) is 27.7. The molecular weight excluding hydrogens is 510 g/mol. The number of carbonyl (C=O) groups excluding carboxylic acids is 1. The molecule has 0 aromatic rings. The van der Waals surface area contributed by atoms with Crippen LogP contribution in [-0.2, 0) is 4.79 Å². The van der Waals surface area contributed by atoms with E-state index in [9.17, 15) is 20.1 Å². The topological polar surface area (TPSA) is 89.8 Å². The van der Waals surface area contributed by atoms with E-state index in [1.54, 1.807) is 0 Å². The lowest BCUT2D eigenvalue weighted by Crippen LogP contribution is -2.50. The fourth-order valence-corrected chi connectivity index (χ4v) is 5.81. The van der Waals surface area contributed by atoms with E-state index in [0.29, 0.717) is 12.8 Å². The molecule has 0 aliphatic carbocycles. The number of aliphatic hydroxyl groups is 3. The minimum Gasteiger partial charge on any atom is -0.394 e. The summed E-state index contributed by atoms with van der Waals surface area (Å²) in [6, 6.07) is -0.800. The number of hydrogen-bond donors (Lipinski definition) is 4. The largest absolute Gasteiger partial charge is 0.394 e. The van der Waals surface area contributed by atoms with Gasteiger partial charge in [0.2, 0.25) is 5.91 Å². The maximum atomic E-state index is 12.3. The van der Waals surface area contributed by atoms with Crippen LogP contribution in [0.15, 0.2) is 0 Å². The maximum Gasteiger partial charge on any atom is 0.220 e. The van der Waals surface area contributed by atoms with Crippen molar-refractivity contribution in [2.24, 2.45) is 0 Å². The van der Waals surface area contributed by atoms with Gasteiger partial charge in [-0.05, 0) is 12.8 Å². The average Bonchev–Trinajstić information content (AvgIpc) is 2.97. The van der Waals surface area contributed by atoms with E-state index < -0.39 is 18.2 Å². The first-order chi connectivity index (χ1) is 20.1. The highest BCUT2D eigenvalue weighted by molar-refractivity contribution is 5.76. The van der Waals surface area contributed by atoms with Crippen LogP contribution in [0.4, 0.5) is 0 Å². The van der Waals surface area contributed by atoms with Crippen LogP contribution in [0, 0.1) is 0 Å². The first-order valence-electron chi connectivity index (χ1n) is 18.3. The van der Waals surface area contributed by atoms with Crippen molar-refractivity contribution in [2.45, 2.75) is 218 Å². The van der Waals surface area contributed by atoms with Crippen LogP contribution in [0.2, 0.25) is 0 Å². The maximum absolute atomic E-state index is 12.3. The van der Waals surface area contributed by atoms with Gasteiger partial charge in [-0.15, -0.1) is 0 Å². The minimum absolute atomic E-state index is 0.145. The van der Waals surface area contributed by atoms with E-state index in [1.807, 2.05) is 0 Å². The van der Waals surface area contributed by atoms with Gasteiger partial charge >= 0.3 is 0 Å². The fourth-order valence-electron chi connectivity index (χ4n) is 5.81. The van der Waals surface area contributed by atoms with E-state index in [4.69, 9.17) is 0 Å². The van der Waals surface area contributed by atoms with Crippen molar-refractivity contribution in [2.75, 3.05) is 6.61 Å². The van der Waals surface area contributed by atoms with E-state index in [1.165, 1.54) is 141 Å². The zero-order valence-electron chi connectivity index (χ0n) is 27.7.